The van der Waals surface area contributed by atoms with Crippen molar-refractivity contribution in [2.75, 3.05) is 33.8 Å². The van der Waals surface area contributed by atoms with E-state index in [9.17, 15) is 33.6 Å². The smallest absolute Gasteiger partial charge is 0.407 e. The number of carbonyl (C=O) groups is 7. The molecule has 1 aromatic rings. The fraction of sp³-hybridized carbons (Fsp3) is 0.649. The normalized spacial score (nSPS) is 19.3. The summed E-state index contributed by atoms with van der Waals surface area (Å²) in [6.07, 6.45) is 4.94. The molecule has 4 N–H and O–H groups in total. The standard InChI is InChI=1S/C37H56N6O8/c1-7-14-27(32(45)34(47)38-21-28(44)40-29(35(48)42(5)6)25-15-10-8-11-16-25)39-33(46)31-24(4)19-20-43(31)36(49)30(26-17-12-9-13-18-26)41-37(50)51-22-23(2)3/h8,10-11,15-16,23-24,26-27,29-31H,7,9,12-14,17-22H2,1-6H3,(H,38,47)(H,39,46)(H,40,44)(H,41,50). The van der Waals surface area contributed by atoms with Gasteiger partial charge in [0.1, 0.15) is 18.1 Å². The summed E-state index contributed by atoms with van der Waals surface area (Å²) >= 11 is 0. The van der Waals surface area contributed by atoms with E-state index in [0.29, 0.717) is 24.9 Å². The predicted molar refractivity (Wildman–Crippen MR) is 190 cm³/mol. The monoisotopic (exact) mass is 712 g/mol. The molecule has 1 saturated carbocycles. The van der Waals surface area contributed by atoms with Crippen molar-refractivity contribution in [3.05, 3.63) is 35.9 Å². The third-order valence-corrected chi connectivity index (χ3v) is 9.43. The van der Waals surface area contributed by atoms with Crippen molar-refractivity contribution >= 4 is 41.4 Å². The maximum absolute atomic E-state index is 14.1. The number of ether oxygens (including phenoxy) is 1. The molecule has 5 atom stereocenters. The molecule has 0 aromatic heterocycles. The SMILES string of the molecule is CCCC(NC(=O)C1C(C)CCN1C(=O)C(NC(=O)OCC(C)C)C1CCCCC1)C(=O)C(=O)NCC(=O)NC(C(=O)N(C)C)c1ccccc1. The number of likely N-dealkylation sites (tertiary alicyclic amines) is 1. The third kappa shape index (κ3) is 11.8. The minimum absolute atomic E-state index is 0.100. The van der Waals surface area contributed by atoms with Crippen LogP contribution in [0, 0.1) is 17.8 Å². The first-order valence-electron chi connectivity index (χ1n) is 18.2. The summed E-state index contributed by atoms with van der Waals surface area (Å²) in [6, 6.07) is 4.68. The second-order valence-electron chi connectivity index (χ2n) is 14.3. The topological polar surface area (TPSA) is 183 Å². The van der Waals surface area contributed by atoms with Crippen LogP contribution in [0.4, 0.5) is 4.79 Å². The van der Waals surface area contributed by atoms with Crippen LogP contribution in [0.2, 0.25) is 0 Å². The minimum atomic E-state index is -1.19. The number of hydrogen-bond donors (Lipinski definition) is 4. The Labute approximate surface area is 301 Å². The number of benzene rings is 1. The number of nitrogens with one attached hydrogen (secondary N) is 4. The van der Waals surface area contributed by atoms with Crippen LogP contribution < -0.4 is 21.3 Å². The molecule has 282 valence electrons. The molecule has 14 heteroatoms. The largest absolute Gasteiger partial charge is 0.449 e. The summed E-state index contributed by atoms with van der Waals surface area (Å²) in [6.45, 7) is 7.42. The Balaban J connectivity index is 1.68. The summed E-state index contributed by atoms with van der Waals surface area (Å²) in [4.78, 5) is 95.4. The van der Waals surface area contributed by atoms with Gasteiger partial charge in [-0.15, -0.1) is 0 Å². The Morgan fingerprint density at radius 3 is 2.20 bits per heavy atom. The molecule has 14 nitrogen and oxygen atoms in total. The van der Waals surface area contributed by atoms with Gasteiger partial charge in [-0.3, -0.25) is 28.8 Å². The number of alkyl carbamates (subject to hydrolysis) is 1. The van der Waals surface area contributed by atoms with Crippen LogP contribution in [0.1, 0.15) is 90.7 Å². The molecule has 0 bridgehead atoms. The molecule has 6 amide bonds. The van der Waals surface area contributed by atoms with Crippen molar-refractivity contribution in [1.82, 2.24) is 31.1 Å². The van der Waals surface area contributed by atoms with E-state index in [-0.39, 0.29) is 42.6 Å². The van der Waals surface area contributed by atoms with Gasteiger partial charge in [0.25, 0.3) is 5.91 Å². The number of carbonyl (C=O) groups excluding carboxylic acids is 7. The number of amides is 6. The maximum Gasteiger partial charge on any atom is 0.407 e. The number of likely N-dealkylation sites (N-methyl/N-ethyl adjacent to an activating group) is 1. The lowest BCUT2D eigenvalue weighted by molar-refractivity contribution is -0.144. The number of Topliss-reactive ketones (excluding diaryl/α,β-unsaturated/α-hetero) is 1. The third-order valence-electron chi connectivity index (χ3n) is 9.43. The van der Waals surface area contributed by atoms with Crippen molar-refractivity contribution in [3.63, 3.8) is 0 Å². The molecule has 0 spiro atoms. The van der Waals surface area contributed by atoms with Gasteiger partial charge >= 0.3 is 6.09 Å². The lowest BCUT2D eigenvalue weighted by atomic mass is 9.83. The molecule has 2 fully saturated rings. The molecule has 1 heterocycles. The first-order valence-corrected chi connectivity index (χ1v) is 18.2. The van der Waals surface area contributed by atoms with E-state index in [4.69, 9.17) is 4.74 Å². The van der Waals surface area contributed by atoms with E-state index in [1.165, 1.54) is 9.80 Å². The molecular weight excluding hydrogens is 656 g/mol. The van der Waals surface area contributed by atoms with Gasteiger partial charge in [-0.05, 0) is 49.0 Å². The van der Waals surface area contributed by atoms with Gasteiger partial charge in [-0.1, -0.05) is 83.7 Å². The van der Waals surface area contributed by atoms with Crippen molar-refractivity contribution in [3.8, 4) is 0 Å². The Bertz CT molecular complexity index is 1380. The average molecular weight is 713 g/mol. The zero-order valence-electron chi connectivity index (χ0n) is 30.9. The summed E-state index contributed by atoms with van der Waals surface area (Å²) in [7, 11) is 3.12. The molecule has 3 rings (SSSR count). The van der Waals surface area contributed by atoms with Gasteiger partial charge in [-0.2, -0.15) is 0 Å². The molecule has 5 unspecified atom stereocenters. The highest BCUT2D eigenvalue weighted by molar-refractivity contribution is 6.38. The zero-order chi connectivity index (χ0) is 37.7. The van der Waals surface area contributed by atoms with E-state index in [0.717, 1.165) is 32.1 Å². The molecule has 2 aliphatic rings. The van der Waals surface area contributed by atoms with Gasteiger partial charge < -0.3 is 35.8 Å². The molecule has 1 saturated heterocycles. The van der Waals surface area contributed by atoms with Gasteiger partial charge in [0.15, 0.2) is 0 Å². The van der Waals surface area contributed by atoms with Gasteiger partial charge in [-0.25, -0.2) is 4.79 Å². The lowest BCUT2D eigenvalue weighted by Gasteiger charge is -2.35. The summed E-state index contributed by atoms with van der Waals surface area (Å²) in [5.74, 6) is -4.20. The molecule has 1 aliphatic carbocycles. The molecular formula is C37H56N6O8. The second kappa shape index (κ2) is 19.8. The number of rotatable bonds is 16. The highest BCUT2D eigenvalue weighted by atomic mass is 16.5. The molecule has 0 radical (unpaired) electrons. The number of nitrogens with zero attached hydrogens (tertiary/aromatic N) is 2. The van der Waals surface area contributed by atoms with Crippen molar-refractivity contribution in [2.45, 2.75) is 103 Å². The van der Waals surface area contributed by atoms with Crippen molar-refractivity contribution in [2.24, 2.45) is 17.8 Å². The van der Waals surface area contributed by atoms with E-state index < -0.39 is 60.3 Å². The molecule has 51 heavy (non-hydrogen) atoms. The van der Waals surface area contributed by atoms with Crippen LogP contribution in [0.15, 0.2) is 30.3 Å². The highest BCUT2D eigenvalue weighted by Crippen LogP contribution is 2.31. The first-order chi connectivity index (χ1) is 24.2. The Kier molecular flexibility index (Phi) is 15.9. The Morgan fingerprint density at radius 2 is 1.59 bits per heavy atom. The van der Waals surface area contributed by atoms with Gasteiger partial charge in [0.05, 0.1) is 19.2 Å². The Morgan fingerprint density at radius 1 is 0.922 bits per heavy atom. The summed E-state index contributed by atoms with van der Waals surface area (Å²) in [5, 5.41) is 10.4. The van der Waals surface area contributed by atoms with Crippen molar-refractivity contribution in [1.29, 1.82) is 0 Å². The van der Waals surface area contributed by atoms with Crippen molar-refractivity contribution < 1.29 is 38.3 Å². The molecule has 1 aromatic carbocycles. The Hall–Kier alpha value is -4.49. The van der Waals surface area contributed by atoms with E-state index in [1.54, 1.807) is 51.4 Å². The predicted octanol–water partition coefficient (Wildman–Crippen LogP) is 2.47. The number of hydrogen-bond acceptors (Lipinski definition) is 8. The molecule has 1 aliphatic heterocycles. The van der Waals surface area contributed by atoms with Crippen LogP contribution in [0.5, 0.6) is 0 Å². The van der Waals surface area contributed by atoms with E-state index in [2.05, 4.69) is 21.3 Å². The first kappa shape index (κ1) is 40.9. The van der Waals surface area contributed by atoms with E-state index in [1.807, 2.05) is 20.8 Å². The summed E-state index contributed by atoms with van der Waals surface area (Å²) in [5.41, 5.74) is 0.554. The second-order valence-corrected chi connectivity index (χ2v) is 14.3. The fourth-order valence-corrected chi connectivity index (χ4v) is 6.66. The van der Waals surface area contributed by atoms with Crippen LogP contribution in [-0.2, 0) is 33.5 Å². The van der Waals surface area contributed by atoms with E-state index >= 15 is 0 Å². The lowest BCUT2D eigenvalue weighted by Crippen LogP contribution is -2.59. The van der Waals surface area contributed by atoms with Crippen LogP contribution >= 0.6 is 0 Å². The van der Waals surface area contributed by atoms with Crippen LogP contribution in [0.3, 0.4) is 0 Å². The van der Waals surface area contributed by atoms with Gasteiger partial charge in [0.2, 0.25) is 29.4 Å². The number of ketones is 1. The minimum Gasteiger partial charge on any atom is -0.449 e. The van der Waals surface area contributed by atoms with Crippen LogP contribution in [0.25, 0.3) is 0 Å². The fourth-order valence-electron chi connectivity index (χ4n) is 6.66. The highest BCUT2D eigenvalue weighted by Gasteiger charge is 2.45. The quantitative estimate of drug-likeness (QED) is 0.189. The summed E-state index contributed by atoms with van der Waals surface area (Å²) < 4.78 is 5.34. The maximum atomic E-state index is 14.1. The average Bonchev–Trinajstić information content (AvgIpc) is 3.51. The van der Waals surface area contributed by atoms with Crippen LogP contribution in [-0.4, -0.2) is 103 Å². The van der Waals surface area contributed by atoms with Gasteiger partial charge in [0, 0.05) is 20.6 Å². The zero-order valence-corrected chi connectivity index (χ0v) is 30.9.